The average molecular weight is 700 g/mol. The van der Waals surface area contributed by atoms with Crippen LogP contribution in [0.15, 0.2) is 176 Å². The minimum Gasteiger partial charge on any atom is -0.320 e. The van der Waals surface area contributed by atoms with Gasteiger partial charge in [0.25, 0.3) is 0 Å². The molecule has 5 heteroatoms. The van der Waals surface area contributed by atoms with Gasteiger partial charge in [0.15, 0.2) is 5.69 Å². The molecule has 0 aliphatic carbocycles. The molecule has 0 N–H and O–H groups in total. The van der Waals surface area contributed by atoms with Gasteiger partial charge in [0.05, 0.1) is 51.9 Å². The van der Waals surface area contributed by atoms with E-state index in [0.29, 0.717) is 11.4 Å². The molecular weight excluding hydrogens is 671 g/mol. The zero-order valence-corrected chi connectivity index (χ0v) is 29.5. The van der Waals surface area contributed by atoms with Gasteiger partial charge in [-0.2, -0.15) is 0 Å². The first-order valence-corrected chi connectivity index (χ1v) is 18.3. The third-order valence-corrected chi connectivity index (χ3v) is 11.1. The van der Waals surface area contributed by atoms with E-state index in [1.807, 2.05) is 36.4 Å². The summed E-state index contributed by atoms with van der Waals surface area (Å²) >= 11 is 0. The third kappa shape index (κ3) is 4.39. The van der Waals surface area contributed by atoms with Gasteiger partial charge in [-0.3, -0.25) is 0 Å². The van der Waals surface area contributed by atoms with Crippen molar-refractivity contribution < 1.29 is 0 Å². The van der Waals surface area contributed by atoms with Crippen LogP contribution in [0.2, 0.25) is 0 Å². The Labute approximate surface area is 316 Å². The molecule has 8 aromatic carbocycles. The van der Waals surface area contributed by atoms with Crippen LogP contribution in [0.1, 0.15) is 0 Å². The monoisotopic (exact) mass is 699 g/mol. The Balaban J connectivity index is 1.21. The second-order valence-electron chi connectivity index (χ2n) is 13.9. The second-order valence-corrected chi connectivity index (χ2v) is 13.9. The van der Waals surface area contributed by atoms with Crippen molar-refractivity contribution in [2.24, 2.45) is 0 Å². The van der Waals surface area contributed by atoms with E-state index in [1.165, 1.54) is 21.5 Å². The number of hydrogen-bond donors (Lipinski definition) is 0. The fourth-order valence-corrected chi connectivity index (χ4v) is 8.80. The van der Waals surface area contributed by atoms with Crippen LogP contribution < -0.4 is 0 Å². The van der Waals surface area contributed by atoms with Gasteiger partial charge < -0.3 is 13.7 Å². The highest BCUT2D eigenvalue weighted by Crippen LogP contribution is 2.43. The van der Waals surface area contributed by atoms with Crippen molar-refractivity contribution in [1.82, 2.24) is 13.7 Å². The number of hydrogen-bond acceptors (Lipinski definition) is 0. The summed E-state index contributed by atoms with van der Waals surface area (Å²) in [5, 5.41) is 6.89. The van der Waals surface area contributed by atoms with Crippen molar-refractivity contribution >= 4 is 76.8 Å². The number of aromatic nitrogens is 3. The van der Waals surface area contributed by atoms with Crippen molar-refractivity contribution in [2.75, 3.05) is 0 Å². The van der Waals surface area contributed by atoms with Gasteiger partial charge in [0.1, 0.15) is 0 Å². The molecule has 3 aromatic heterocycles. The number of para-hydroxylation sites is 6. The lowest BCUT2D eigenvalue weighted by Crippen LogP contribution is -2.01. The maximum absolute atomic E-state index is 8.11. The zero-order chi connectivity index (χ0) is 36.6. The van der Waals surface area contributed by atoms with E-state index in [1.54, 1.807) is 0 Å². The van der Waals surface area contributed by atoms with E-state index in [2.05, 4.69) is 163 Å². The Kier molecular flexibility index (Phi) is 6.61. The fourth-order valence-electron chi connectivity index (χ4n) is 8.80. The van der Waals surface area contributed by atoms with Crippen molar-refractivity contribution in [2.45, 2.75) is 0 Å². The summed E-state index contributed by atoms with van der Waals surface area (Å²) < 4.78 is 6.98. The molecule has 0 unspecified atom stereocenters. The normalized spacial score (nSPS) is 11.6. The van der Waals surface area contributed by atoms with Gasteiger partial charge in [0.2, 0.25) is 5.69 Å². The molecule has 0 spiro atoms. The molecule has 0 radical (unpaired) electrons. The van der Waals surface area contributed by atoms with Gasteiger partial charge in [0, 0.05) is 43.9 Å². The lowest BCUT2D eigenvalue weighted by Gasteiger charge is -2.18. The molecule has 0 saturated carbocycles. The van der Waals surface area contributed by atoms with Crippen LogP contribution in [-0.2, 0) is 0 Å². The molecule has 254 valence electrons. The Bertz CT molecular complexity index is 3420. The molecule has 0 aliphatic rings. The zero-order valence-electron chi connectivity index (χ0n) is 29.5. The Hall–Kier alpha value is -7.86. The number of fused-ring (bicyclic) bond motifs is 9. The quantitative estimate of drug-likeness (QED) is 0.163. The predicted octanol–water partition coefficient (Wildman–Crippen LogP) is 13.7. The number of rotatable bonds is 4. The van der Waals surface area contributed by atoms with Gasteiger partial charge in [-0.1, -0.05) is 127 Å². The molecule has 11 aromatic rings. The van der Waals surface area contributed by atoms with E-state index in [0.717, 1.165) is 72.1 Å². The number of benzene rings is 8. The first kappa shape index (κ1) is 30.7. The first-order chi connectivity index (χ1) is 27.2. The van der Waals surface area contributed by atoms with Crippen LogP contribution in [0.3, 0.4) is 0 Å². The Morgan fingerprint density at radius 1 is 0.364 bits per heavy atom. The molecule has 3 heterocycles. The highest BCUT2D eigenvalue weighted by atomic mass is 15.1. The summed E-state index contributed by atoms with van der Waals surface area (Å²) in [4.78, 5) is 7.81. The van der Waals surface area contributed by atoms with E-state index in [4.69, 9.17) is 13.1 Å². The lowest BCUT2D eigenvalue weighted by atomic mass is 10.0. The van der Waals surface area contributed by atoms with Crippen LogP contribution in [0.4, 0.5) is 11.4 Å². The predicted molar refractivity (Wildman–Crippen MR) is 227 cm³/mol. The maximum atomic E-state index is 8.11. The van der Waals surface area contributed by atoms with E-state index < -0.39 is 0 Å². The lowest BCUT2D eigenvalue weighted by molar-refractivity contribution is 1.13. The largest absolute Gasteiger partial charge is 0.320 e. The Morgan fingerprint density at radius 3 is 1.53 bits per heavy atom. The summed E-state index contributed by atoms with van der Waals surface area (Å²) in [5.41, 5.74) is 12.5. The molecule has 0 amide bonds. The summed E-state index contributed by atoms with van der Waals surface area (Å²) in [6.07, 6.45) is 0. The summed E-state index contributed by atoms with van der Waals surface area (Å²) in [6, 6.07) is 61.4. The second kappa shape index (κ2) is 11.8. The molecule has 11 rings (SSSR count). The van der Waals surface area contributed by atoms with Crippen LogP contribution in [0.5, 0.6) is 0 Å². The molecule has 0 fully saturated rings. The molecule has 5 nitrogen and oxygen atoms in total. The van der Waals surface area contributed by atoms with Crippen LogP contribution in [0.25, 0.3) is 103 Å². The Morgan fingerprint density at radius 2 is 0.891 bits per heavy atom. The number of nitrogens with zero attached hydrogens (tertiary/aromatic N) is 5. The van der Waals surface area contributed by atoms with Crippen molar-refractivity contribution in [3.63, 3.8) is 0 Å². The van der Waals surface area contributed by atoms with Crippen molar-refractivity contribution in [1.29, 1.82) is 0 Å². The van der Waals surface area contributed by atoms with Crippen LogP contribution in [-0.4, -0.2) is 13.7 Å². The van der Waals surface area contributed by atoms with Gasteiger partial charge in [-0.15, -0.1) is 0 Å². The van der Waals surface area contributed by atoms with Crippen molar-refractivity contribution in [3.8, 4) is 28.2 Å². The average Bonchev–Trinajstić information content (AvgIpc) is 3.89. The van der Waals surface area contributed by atoms with Crippen LogP contribution in [0, 0.1) is 13.1 Å². The van der Waals surface area contributed by atoms with E-state index in [-0.39, 0.29) is 0 Å². The molecular formula is C50H29N5. The summed E-state index contributed by atoms with van der Waals surface area (Å²) in [6.45, 7) is 16.1. The first-order valence-electron chi connectivity index (χ1n) is 18.3. The third-order valence-electron chi connectivity index (χ3n) is 11.1. The topological polar surface area (TPSA) is 23.5 Å². The minimum atomic E-state index is 0.541. The molecule has 0 saturated heterocycles. The fraction of sp³-hybridized carbons (Fsp3) is 0. The summed E-state index contributed by atoms with van der Waals surface area (Å²) in [7, 11) is 0. The molecule has 0 bridgehead atoms. The van der Waals surface area contributed by atoms with Crippen LogP contribution >= 0.6 is 0 Å². The van der Waals surface area contributed by atoms with E-state index in [9.17, 15) is 0 Å². The van der Waals surface area contributed by atoms with Crippen molar-refractivity contribution in [3.05, 3.63) is 199 Å². The summed E-state index contributed by atoms with van der Waals surface area (Å²) in [5.74, 6) is 0. The molecule has 55 heavy (non-hydrogen) atoms. The minimum absolute atomic E-state index is 0.541. The maximum Gasteiger partial charge on any atom is 0.211 e. The standard InChI is InChI=1S/C50H29N5/c1-51-33-28-29-35(48(31-33)55-46-26-10-6-18-38(46)40-20-12-22-42(52-2)49(40)55)32-14-11-15-34(30-32)53-43-23-7-5-19-39(43)41-21-13-27-47(50(41)53)54-44-24-8-3-16-36(44)37-17-4-9-25-45(37)54/h3-31H. The highest BCUT2D eigenvalue weighted by molar-refractivity contribution is 6.16. The van der Waals surface area contributed by atoms with E-state index >= 15 is 0 Å². The smallest absolute Gasteiger partial charge is 0.211 e. The molecule has 0 atom stereocenters. The SMILES string of the molecule is [C-]#[N+]c1ccc(-c2cccc(-n3c4ccccc4c4cccc(-n5c6ccccc6c6ccccc65)c43)c2)c(-n2c3ccccc3c3cccc([N+]#[C-])c32)c1. The van der Waals surface area contributed by atoms with Gasteiger partial charge >= 0.3 is 0 Å². The molecule has 0 aliphatic heterocycles. The van der Waals surface area contributed by atoms with Gasteiger partial charge in [-0.25, -0.2) is 9.69 Å². The highest BCUT2D eigenvalue weighted by Gasteiger charge is 2.22. The van der Waals surface area contributed by atoms with Gasteiger partial charge in [-0.05, 0) is 59.5 Å².